The number of nitrogens with one attached hydrogen (secondary N) is 1. The minimum absolute atomic E-state index is 0.355. The van der Waals surface area contributed by atoms with E-state index in [1.54, 1.807) is 11.3 Å². The van der Waals surface area contributed by atoms with E-state index in [0.717, 1.165) is 6.54 Å². The van der Waals surface area contributed by atoms with E-state index in [0.29, 0.717) is 17.5 Å². The Morgan fingerprint density at radius 3 is 2.71 bits per heavy atom. The first-order valence-corrected chi connectivity index (χ1v) is 9.22. The Bertz CT molecular complexity index is 431. The number of anilines is 1. The summed E-state index contributed by atoms with van der Waals surface area (Å²) in [6.07, 6.45) is 6.41. The highest BCUT2D eigenvalue weighted by Crippen LogP contribution is 2.38. The normalized spacial score (nSPS) is 20.4. The summed E-state index contributed by atoms with van der Waals surface area (Å²) >= 11 is 1.79. The topological polar surface area (TPSA) is 28.2 Å². The zero-order valence-electron chi connectivity index (χ0n) is 14.3. The Kier molecular flexibility index (Phi) is 5.67. The molecular formula is C17H31N3S. The third-order valence-electron chi connectivity index (χ3n) is 4.81. The molecule has 0 aliphatic heterocycles. The molecule has 1 atom stereocenters. The van der Waals surface area contributed by atoms with Crippen LogP contribution >= 0.6 is 11.3 Å². The van der Waals surface area contributed by atoms with Crippen LogP contribution in [0, 0.1) is 5.41 Å². The third-order valence-corrected chi connectivity index (χ3v) is 5.76. The van der Waals surface area contributed by atoms with Gasteiger partial charge in [0.15, 0.2) is 5.13 Å². The van der Waals surface area contributed by atoms with Crippen molar-refractivity contribution >= 4 is 16.5 Å². The molecule has 120 valence electrons. The van der Waals surface area contributed by atoms with Crippen LogP contribution in [0.15, 0.2) is 5.38 Å². The van der Waals surface area contributed by atoms with Crippen molar-refractivity contribution < 1.29 is 0 Å². The lowest BCUT2D eigenvalue weighted by Gasteiger charge is -2.38. The number of hydrogen-bond acceptors (Lipinski definition) is 4. The first-order chi connectivity index (χ1) is 9.93. The van der Waals surface area contributed by atoms with E-state index in [4.69, 9.17) is 4.98 Å². The molecule has 1 saturated carbocycles. The van der Waals surface area contributed by atoms with Gasteiger partial charge in [0, 0.05) is 24.5 Å². The second kappa shape index (κ2) is 7.10. The van der Waals surface area contributed by atoms with Crippen LogP contribution in [0.5, 0.6) is 0 Å². The van der Waals surface area contributed by atoms with E-state index in [-0.39, 0.29) is 0 Å². The van der Waals surface area contributed by atoms with Gasteiger partial charge in [0.1, 0.15) is 0 Å². The van der Waals surface area contributed by atoms with Gasteiger partial charge in [0.05, 0.1) is 5.69 Å². The van der Waals surface area contributed by atoms with Crippen molar-refractivity contribution in [2.75, 3.05) is 18.5 Å². The fourth-order valence-corrected chi connectivity index (χ4v) is 3.99. The van der Waals surface area contributed by atoms with Crippen LogP contribution in [-0.2, 0) is 0 Å². The van der Waals surface area contributed by atoms with E-state index in [9.17, 15) is 0 Å². The monoisotopic (exact) mass is 309 g/mol. The maximum atomic E-state index is 4.86. The van der Waals surface area contributed by atoms with Crippen molar-refractivity contribution in [3.63, 3.8) is 0 Å². The molecule has 1 aliphatic rings. The number of hydrogen-bond donors (Lipinski definition) is 1. The van der Waals surface area contributed by atoms with Crippen molar-refractivity contribution in [3.8, 4) is 0 Å². The molecular weight excluding hydrogens is 278 g/mol. The van der Waals surface area contributed by atoms with Crippen molar-refractivity contribution in [3.05, 3.63) is 11.1 Å². The third kappa shape index (κ3) is 4.43. The van der Waals surface area contributed by atoms with Gasteiger partial charge in [-0.3, -0.25) is 0 Å². The molecule has 1 aromatic rings. The molecule has 1 heterocycles. The van der Waals surface area contributed by atoms with Crippen LogP contribution in [0.4, 0.5) is 5.13 Å². The molecule has 4 heteroatoms. The fourth-order valence-electron chi connectivity index (χ4n) is 3.03. The SMILES string of the molecule is CCCNC(C)c1csc(N(C)C2CCC(C)(C)CC2)n1. The lowest BCUT2D eigenvalue weighted by molar-refractivity contribution is 0.222. The summed E-state index contributed by atoms with van der Waals surface area (Å²) < 4.78 is 0. The van der Waals surface area contributed by atoms with Gasteiger partial charge in [-0.1, -0.05) is 20.8 Å². The van der Waals surface area contributed by atoms with Gasteiger partial charge in [-0.25, -0.2) is 4.98 Å². The van der Waals surface area contributed by atoms with E-state index in [2.05, 4.69) is 50.3 Å². The van der Waals surface area contributed by atoms with E-state index in [1.165, 1.54) is 42.9 Å². The Balaban J connectivity index is 1.94. The van der Waals surface area contributed by atoms with Crippen molar-refractivity contribution in [1.82, 2.24) is 10.3 Å². The molecule has 0 radical (unpaired) electrons. The number of aromatic nitrogens is 1. The van der Waals surface area contributed by atoms with Crippen LogP contribution in [0.3, 0.4) is 0 Å². The summed E-state index contributed by atoms with van der Waals surface area (Å²) in [5.74, 6) is 0. The highest BCUT2D eigenvalue weighted by Gasteiger charge is 2.29. The van der Waals surface area contributed by atoms with Crippen LogP contribution in [0.1, 0.15) is 71.5 Å². The smallest absolute Gasteiger partial charge is 0.185 e. The predicted molar refractivity (Wildman–Crippen MR) is 93.3 cm³/mol. The maximum absolute atomic E-state index is 4.86. The number of thiazole rings is 1. The Morgan fingerprint density at radius 2 is 2.10 bits per heavy atom. The lowest BCUT2D eigenvalue weighted by atomic mass is 9.75. The molecule has 0 amide bonds. The predicted octanol–water partition coefficient (Wildman–Crippen LogP) is 4.61. The van der Waals surface area contributed by atoms with Crippen LogP contribution in [-0.4, -0.2) is 24.6 Å². The molecule has 1 aromatic heterocycles. The minimum Gasteiger partial charge on any atom is -0.348 e. The van der Waals surface area contributed by atoms with E-state index >= 15 is 0 Å². The van der Waals surface area contributed by atoms with Gasteiger partial charge in [-0.15, -0.1) is 11.3 Å². The minimum atomic E-state index is 0.355. The molecule has 1 fully saturated rings. The molecule has 1 unspecified atom stereocenters. The zero-order valence-corrected chi connectivity index (χ0v) is 15.1. The van der Waals surface area contributed by atoms with Gasteiger partial charge in [-0.2, -0.15) is 0 Å². The summed E-state index contributed by atoms with van der Waals surface area (Å²) in [5, 5.41) is 6.91. The van der Waals surface area contributed by atoms with Crippen LogP contribution in [0.2, 0.25) is 0 Å². The second-order valence-corrected chi connectivity index (χ2v) is 8.07. The average molecular weight is 310 g/mol. The Morgan fingerprint density at radius 1 is 1.43 bits per heavy atom. The summed E-state index contributed by atoms with van der Waals surface area (Å²) in [6.45, 7) is 10.3. The number of rotatable bonds is 6. The first kappa shape index (κ1) is 16.8. The summed E-state index contributed by atoms with van der Waals surface area (Å²) in [7, 11) is 2.22. The maximum Gasteiger partial charge on any atom is 0.185 e. The standard InChI is InChI=1S/C17H31N3S/c1-6-11-18-13(2)15-12-21-16(19-15)20(5)14-7-9-17(3,4)10-8-14/h12-14,18H,6-11H2,1-5H3. The molecule has 0 aromatic carbocycles. The van der Waals surface area contributed by atoms with Crippen molar-refractivity contribution in [1.29, 1.82) is 0 Å². The molecule has 2 rings (SSSR count). The fraction of sp³-hybridized carbons (Fsp3) is 0.824. The van der Waals surface area contributed by atoms with E-state index < -0.39 is 0 Å². The first-order valence-electron chi connectivity index (χ1n) is 8.34. The molecule has 3 nitrogen and oxygen atoms in total. The van der Waals surface area contributed by atoms with Gasteiger partial charge in [0.2, 0.25) is 0 Å². The molecule has 0 saturated heterocycles. The number of nitrogens with zero attached hydrogens (tertiary/aromatic N) is 2. The summed E-state index contributed by atoms with van der Waals surface area (Å²) in [5.41, 5.74) is 1.72. The van der Waals surface area contributed by atoms with Gasteiger partial charge < -0.3 is 10.2 Å². The highest BCUT2D eigenvalue weighted by molar-refractivity contribution is 7.13. The summed E-state index contributed by atoms with van der Waals surface area (Å²) in [6, 6.07) is 1.02. The molecule has 1 aliphatic carbocycles. The molecule has 1 N–H and O–H groups in total. The van der Waals surface area contributed by atoms with Crippen molar-refractivity contribution in [2.24, 2.45) is 5.41 Å². The zero-order chi connectivity index (χ0) is 15.5. The van der Waals surface area contributed by atoms with E-state index in [1.807, 2.05) is 0 Å². The molecule has 21 heavy (non-hydrogen) atoms. The Hall–Kier alpha value is -0.610. The largest absolute Gasteiger partial charge is 0.348 e. The highest BCUT2D eigenvalue weighted by atomic mass is 32.1. The molecule has 0 spiro atoms. The van der Waals surface area contributed by atoms with Gasteiger partial charge in [-0.05, 0) is 51.0 Å². The molecule has 0 bridgehead atoms. The lowest BCUT2D eigenvalue weighted by Crippen LogP contribution is -2.37. The van der Waals surface area contributed by atoms with Gasteiger partial charge in [0.25, 0.3) is 0 Å². The Labute approximate surface area is 134 Å². The van der Waals surface area contributed by atoms with Crippen LogP contribution in [0.25, 0.3) is 0 Å². The second-order valence-electron chi connectivity index (χ2n) is 7.24. The van der Waals surface area contributed by atoms with Gasteiger partial charge >= 0.3 is 0 Å². The van der Waals surface area contributed by atoms with Crippen LogP contribution < -0.4 is 10.2 Å². The quantitative estimate of drug-likeness (QED) is 0.832. The average Bonchev–Trinajstić information content (AvgIpc) is 2.94. The van der Waals surface area contributed by atoms with Crippen molar-refractivity contribution in [2.45, 2.75) is 71.9 Å². The summed E-state index contributed by atoms with van der Waals surface area (Å²) in [4.78, 5) is 7.27.